The van der Waals surface area contributed by atoms with Crippen molar-refractivity contribution in [1.29, 1.82) is 0 Å². The fourth-order valence-electron chi connectivity index (χ4n) is 2.70. The van der Waals surface area contributed by atoms with Crippen molar-refractivity contribution in [3.8, 4) is 0 Å². The first-order valence-corrected chi connectivity index (χ1v) is 6.48. The molecule has 1 aliphatic heterocycles. The average molecular weight is 254 g/mol. The number of anilines is 1. The minimum absolute atomic E-state index is 0.109. The SMILES string of the molecule is CC1(C)c2ncnc(N)c2CN1Cc1ccccc1. The first kappa shape index (κ1) is 12.1. The van der Waals surface area contributed by atoms with E-state index >= 15 is 0 Å². The third kappa shape index (κ3) is 1.98. The highest BCUT2D eigenvalue weighted by molar-refractivity contribution is 5.46. The van der Waals surface area contributed by atoms with Crippen LogP contribution < -0.4 is 5.73 Å². The van der Waals surface area contributed by atoms with Crippen LogP contribution in [0, 0.1) is 0 Å². The molecule has 3 rings (SSSR count). The largest absolute Gasteiger partial charge is 0.383 e. The number of hydrogen-bond donors (Lipinski definition) is 1. The van der Waals surface area contributed by atoms with E-state index in [0.29, 0.717) is 5.82 Å². The van der Waals surface area contributed by atoms with Crippen molar-refractivity contribution >= 4 is 5.82 Å². The number of aromatic nitrogens is 2. The highest BCUT2D eigenvalue weighted by Crippen LogP contribution is 2.39. The van der Waals surface area contributed by atoms with Gasteiger partial charge in [0.25, 0.3) is 0 Å². The summed E-state index contributed by atoms with van der Waals surface area (Å²) in [5.41, 5.74) is 9.29. The molecule has 0 unspecified atom stereocenters. The molecule has 0 radical (unpaired) electrons. The quantitative estimate of drug-likeness (QED) is 0.893. The first-order valence-electron chi connectivity index (χ1n) is 6.48. The monoisotopic (exact) mass is 254 g/mol. The summed E-state index contributed by atoms with van der Waals surface area (Å²) in [6.45, 7) is 6.08. The molecule has 0 bridgehead atoms. The molecule has 1 aliphatic rings. The van der Waals surface area contributed by atoms with Gasteiger partial charge in [0.15, 0.2) is 0 Å². The topological polar surface area (TPSA) is 55.0 Å². The number of nitrogens with zero attached hydrogens (tertiary/aromatic N) is 3. The Labute approximate surface area is 113 Å². The van der Waals surface area contributed by atoms with Crippen molar-refractivity contribution < 1.29 is 0 Å². The zero-order valence-corrected chi connectivity index (χ0v) is 11.3. The molecule has 98 valence electrons. The average Bonchev–Trinajstić information content (AvgIpc) is 2.65. The van der Waals surface area contributed by atoms with Gasteiger partial charge in [-0.3, -0.25) is 4.90 Å². The highest BCUT2D eigenvalue weighted by Gasteiger charge is 2.39. The molecule has 4 nitrogen and oxygen atoms in total. The minimum Gasteiger partial charge on any atom is -0.383 e. The van der Waals surface area contributed by atoms with Crippen LogP contribution in [0.2, 0.25) is 0 Å². The smallest absolute Gasteiger partial charge is 0.131 e. The lowest BCUT2D eigenvalue weighted by molar-refractivity contribution is 0.125. The lowest BCUT2D eigenvalue weighted by Gasteiger charge is -2.31. The second-order valence-electron chi connectivity index (χ2n) is 5.49. The zero-order valence-electron chi connectivity index (χ0n) is 11.3. The Morgan fingerprint density at radius 2 is 1.95 bits per heavy atom. The normalized spacial score (nSPS) is 17.4. The molecule has 0 atom stereocenters. The van der Waals surface area contributed by atoms with Crippen LogP contribution in [0.4, 0.5) is 5.82 Å². The molecule has 0 saturated carbocycles. The molecule has 0 fully saturated rings. The van der Waals surface area contributed by atoms with Crippen molar-refractivity contribution in [2.24, 2.45) is 0 Å². The van der Waals surface area contributed by atoms with Crippen molar-refractivity contribution in [2.45, 2.75) is 32.5 Å². The summed E-state index contributed by atoms with van der Waals surface area (Å²) in [5, 5.41) is 0. The van der Waals surface area contributed by atoms with Gasteiger partial charge >= 0.3 is 0 Å². The van der Waals surface area contributed by atoms with Gasteiger partial charge in [0.05, 0.1) is 11.2 Å². The summed E-state index contributed by atoms with van der Waals surface area (Å²) in [6.07, 6.45) is 1.56. The predicted molar refractivity (Wildman–Crippen MR) is 75.2 cm³/mol. The Morgan fingerprint density at radius 1 is 1.21 bits per heavy atom. The van der Waals surface area contributed by atoms with E-state index in [4.69, 9.17) is 5.73 Å². The predicted octanol–water partition coefficient (Wildman–Crippen LogP) is 2.31. The van der Waals surface area contributed by atoms with Gasteiger partial charge in [-0.15, -0.1) is 0 Å². The number of nitrogen functional groups attached to an aromatic ring is 1. The van der Waals surface area contributed by atoms with Crippen LogP contribution in [0.3, 0.4) is 0 Å². The van der Waals surface area contributed by atoms with Crippen molar-refractivity contribution in [2.75, 3.05) is 5.73 Å². The summed E-state index contributed by atoms with van der Waals surface area (Å²) >= 11 is 0. The molecule has 2 heterocycles. The maximum absolute atomic E-state index is 5.97. The standard InChI is InChI=1S/C15H18N4/c1-15(2)13-12(14(16)18-10-17-13)9-19(15)8-11-6-4-3-5-7-11/h3-7,10H,8-9H2,1-2H3,(H2,16,17,18). The third-order valence-electron chi connectivity index (χ3n) is 3.91. The molecule has 0 saturated heterocycles. The van der Waals surface area contributed by atoms with Gasteiger partial charge in [0.2, 0.25) is 0 Å². The summed E-state index contributed by atoms with van der Waals surface area (Å²) in [4.78, 5) is 10.9. The Hall–Kier alpha value is -1.94. The van der Waals surface area contributed by atoms with Crippen molar-refractivity contribution in [3.63, 3.8) is 0 Å². The van der Waals surface area contributed by atoms with E-state index in [1.807, 2.05) is 6.07 Å². The molecular formula is C15H18N4. The Morgan fingerprint density at radius 3 is 2.63 bits per heavy atom. The van der Waals surface area contributed by atoms with Crippen LogP contribution >= 0.6 is 0 Å². The number of benzene rings is 1. The lowest BCUT2D eigenvalue weighted by atomic mass is 9.99. The van der Waals surface area contributed by atoms with Crippen LogP contribution in [0.1, 0.15) is 30.7 Å². The highest BCUT2D eigenvalue weighted by atomic mass is 15.2. The fraction of sp³-hybridized carbons (Fsp3) is 0.333. The molecule has 4 heteroatoms. The van der Waals surface area contributed by atoms with E-state index in [2.05, 4.69) is 53.0 Å². The maximum Gasteiger partial charge on any atom is 0.131 e. The summed E-state index contributed by atoms with van der Waals surface area (Å²) in [7, 11) is 0. The van der Waals surface area contributed by atoms with E-state index in [1.54, 1.807) is 6.33 Å². The van der Waals surface area contributed by atoms with Crippen LogP contribution in [0.15, 0.2) is 36.7 Å². The molecule has 0 amide bonds. The summed E-state index contributed by atoms with van der Waals surface area (Å²) in [6, 6.07) is 10.5. The third-order valence-corrected chi connectivity index (χ3v) is 3.91. The second kappa shape index (κ2) is 4.31. The van der Waals surface area contributed by atoms with Gasteiger partial charge in [0.1, 0.15) is 12.1 Å². The minimum atomic E-state index is -0.109. The molecule has 1 aromatic heterocycles. The van der Waals surface area contributed by atoms with Crippen LogP contribution in [0.5, 0.6) is 0 Å². The van der Waals surface area contributed by atoms with E-state index in [0.717, 1.165) is 24.3 Å². The van der Waals surface area contributed by atoms with E-state index < -0.39 is 0 Å². The van der Waals surface area contributed by atoms with E-state index in [-0.39, 0.29) is 5.54 Å². The summed E-state index contributed by atoms with van der Waals surface area (Å²) in [5.74, 6) is 0.605. The Balaban J connectivity index is 1.93. The molecular weight excluding hydrogens is 236 g/mol. The lowest BCUT2D eigenvalue weighted by Crippen LogP contribution is -2.35. The maximum atomic E-state index is 5.97. The molecule has 19 heavy (non-hydrogen) atoms. The number of fused-ring (bicyclic) bond motifs is 1. The van der Waals surface area contributed by atoms with Gasteiger partial charge in [0, 0.05) is 18.7 Å². The number of rotatable bonds is 2. The number of hydrogen-bond acceptors (Lipinski definition) is 4. The molecule has 2 N–H and O–H groups in total. The molecule has 0 spiro atoms. The molecule has 0 aliphatic carbocycles. The van der Waals surface area contributed by atoms with Gasteiger partial charge in [-0.2, -0.15) is 0 Å². The van der Waals surface area contributed by atoms with E-state index in [9.17, 15) is 0 Å². The van der Waals surface area contributed by atoms with Gasteiger partial charge in [-0.25, -0.2) is 9.97 Å². The summed E-state index contributed by atoms with van der Waals surface area (Å²) < 4.78 is 0. The number of nitrogens with two attached hydrogens (primary N) is 1. The Kier molecular flexibility index (Phi) is 2.75. The van der Waals surface area contributed by atoms with Crippen LogP contribution in [-0.2, 0) is 18.6 Å². The van der Waals surface area contributed by atoms with E-state index in [1.165, 1.54) is 5.56 Å². The molecule has 2 aromatic rings. The fourth-order valence-corrected chi connectivity index (χ4v) is 2.70. The molecule has 1 aromatic carbocycles. The van der Waals surface area contributed by atoms with Gasteiger partial charge < -0.3 is 5.73 Å². The van der Waals surface area contributed by atoms with Crippen molar-refractivity contribution in [1.82, 2.24) is 14.9 Å². The van der Waals surface area contributed by atoms with Crippen LogP contribution in [-0.4, -0.2) is 14.9 Å². The Bertz CT molecular complexity index is 592. The van der Waals surface area contributed by atoms with Gasteiger partial charge in [-0.05, 0) is 19.4 Å². The van der Waals surface area contributed by atoms with Crippen LogP contribution in [0.25, 0.3) is 0 Å². The first-order chi connectivity index (χ1) is 9.09. The zero-order chi connectivity index (χ0) is 13.5. The second-order valence-corrected chi connectivity index (χ2v) is 5.49. The van der Waals surface area contributed by atoms with Gasteiger partial charge in [-0.1, -0.05) is 30.3 Å². The van der Waals surface area contributed by atoms with Crippen molar-refractivity contribution in [3.05, 3.63) is 53.5 Å².